The summed E-state index contributed by atoms with van der Waals surface area (Å²) in [4.78, 5) is 34.9. The first-order valence-corrected chi connectivity index (χ1v) is 7.09. The Kier molecular flexibility index (Phi) is 4.69. The van der Waals surface area contributed by atoms with Gasteiger partial charge in [0.1, 0.15) is 11.9 Å². The maximum atomic E-state index is 12.1. The second-order valence-electron chi connectivity index (χ2n) is 5.08. The van der Waals surface area contributed by atoms with Crippen LogP contribution in [0.1, 0.15) is 48.7 Å². The smallest absolute Gasteiger partial charge is 0.254 e. The van der Waals surface area contributed by atoms with Crippen molar-refractivity contribution >= 4 is 5.91 Å². The molecule has 2 heterocycles. The van der Waals surface area contributed by atoms with Gasteiger partial charge in [-0.1, -0.05) is 12.1 Å². The van der Waals surface area contributed by atoms with Crippen molar-refractivity contribution in [3.8, 4) is 0 Å². The predicted molar refractivity (Wildman–Crippen MR) is 78.3 cm³/mol. The van der Waals surface area contributed by atoms with Gasteiger partial charge in [0.25, 0.3) is 5.56 Å². The summed E-state index contributed by atoms with van der Waals surface area (Å²) in [5.74, 6) is 1.16. The molecule has 2 rings (SSSR count). The molecular weight excluding hydrogens is 286 g/mol. The average Bonchev–Trinajstić information content (AvgIpc) is 2.91. The van der Waals surface area contributed by atoms with Crippen molar-refractivity contribution < 1.29 is 9.32 Å². The number of hydrogen-bond donors (Lipinski definition) is 2. The Morgan fingerprint density at radius 3 is 2.68 bits per heavy atom. The van der Waals surface area contributed by atoms with E-state index in [2.05, 4.69) is 25.4 Å². The molecule has 0 aromatic carbocycles. The minimum Gasteiger partial charge on any atom is -0.344 e. The maximum Gasteiger partial charge on any atom is 0.254 e. The van der Waals surface area contributed by atoms with Crippen LogP contribution in [0.3, 0.4) is 0 Å². The van der Waals surface area contributed by atoms with E-state index in [4.69, 9.17) is 4.52 Å². The van der Waals surface area contributed by atoms with E-state index in [0.29, 0.717) is 35.2 Å². The highest BCUT2D eigenvalue weighted by molar-refractivity contribution is 5.79. The topological polar surface area (TPSA) is 114 Å². The van der Waals surface area contributed by atoms with Crippen LogP contribution in [-0.4, -0.2) is 26.0 Å². The van der Waals surface area contributed by atoms with Crippen LogP contribution >= 0.6 is 0 Å². The van der Waals surface area contributed by atoms with Crippen molar-refractivity contribution in [3.05, 3.63) is 39.2 Å². The summed E-state index contributed by atoms with van der Waals surface area (Å²) in [5.41, 5.74) is 0.615. The molecule has 2 aromatic heterocycles. The molecule has 118 valence electrons. The number of carbonyl (C=O) groups excluding carboxylic acids is 1. The Bertz CT molecular complexity index is 734. The number of nitrogens with zero attached hydrogens (tertiary/aromatic N) is 3. The average molecular weight is 305 g/mol. The molecule has 2 N–H and O–H groups in total. The van der Waals surface area contributed by atoms with Gasteiger partial charge in [-0.25, -0.2) is 4.98 Å². The lowest BCUT2D eigenvalue weighted by atomic mass is 10.1. The quantitative estimate of drug-likeness (QED) is 0.842. The van der Waals surface area contributed by atoms with Gasteiger partial charge in [0.2, 0.25) is 11.8 Å². The lowest BCUT2D eigenvalue weighted by molar-refractivity contribution is -0.121. The van der Waals surface area contributed by atoms with E-state index in [1.165, 1.54) is 0 Å². The molecule has 0 aliphatic carbocycles. The summed E-state index contributed by atoms with van der Waals surface area (Å²) >= 11 is 0. The normalized spacial score (nSPS) is 12.2. The van der Waals surface area contributed by atoms with Gasteiger partial charge in [-0.15, -0.1) is 0 Å². The molecule has 8 nitrogen and oxygen atoms in total. The second kappa shape index (κ2) is 6.50. The number of carbonyl (C=O) groups is 1. The van der Waals surface area contributed by atoms with Crippen molar-refractivity contribution in [1.82, 2.24) is 25.4 Å². The van der Waals surface area contributed by atoms with Crippen LogP contribution < -0.4 is 10.9 Å². The van der Waals surface area contributed by atoms with Crippen LogP contribution in [0, 0.1) is 13.8 Å². The number of H-pyrrole nitrogens is 1. The first-order valence-electron chi connectivity index (χ1n) is 7.09. The van der Waals surface area contributed by atoms with E-state index in [1.54, 1.807) is 20.8 Å². The van der Waals surface area contributed by atoms with Gasteiger partial charge < -0.3 is 14.8 Å². The zero-order valence-corrected chi connectivity index (χ0v) is 13.1. The lowest BCUT2D eigenvalue weighted by Crippen LogP contribution is -2.31. The summed E-state index contributed by atoms with van der Waals surface area (Å²) < 4.78 is 5.08. The number of nitrogens with one attached hydrogen (secondary N) is 2. The van der Waals surface area contributed by atoms with Gasteiger partial charge in [0.15, 0.2) is 5.82 Å². The molecule has 0 unspecified atom stereocenters. The molecule has 22 heavy (non-hydrogen) atoms. The molecule has 8 heteroatoms. The fourth-order valence-electron chi connectivity index (χ4n) is 2.06. The minimum atomic E-state index is -0.418. The molecule has 0 saturated heterocycles. The van der Waals surface area contributed by atoms with E-state index in [1.807, 2.05) is 6.92 Å². The first kappa shape index (κ1) is 15.9. The van der Waals surface area contributed by atoms with Crippen molar-refractivity contribution in [3.63, 3.8) is 0 Å². The van der Waals surface area contributed by atoms with Gasteiger partial charge >= 0.3 is 0 Å². The van der Waals surface area contributed by atoms with E-state index < -0.39 is 6.04 Å². The number of aromatic nitrogens is 4. The molecule has 0 spiro atoms. The molecule has 0 bridgehead atoms. The first-order chi connectivity index (χ1) is 10.4. The third-order valence-corrected chi connectivity index (χ3v) is 3.23. The van der Waals surface area contributed by atoms with E-state index in [9.17, 15) is 9.59 Å². The third kappa shape index (κ3) is 3.57. The summed E-state index contributed by atoms with van der Waals surface area (Å²) in [6.45, 7) is 7.06. The Morgan fingerprint density at radius 2 is 2.09 bits per heavy atom. The molecule has 1 atom stereocenters. The Balaban J connectivity index is 2.05. The molecular formula is C14H19N5O3. The van der Waals surface area contributed by atoms with Crippen molar-refractivity contribution in [1.29, 1.82) is 0 Å². The van der Waals surface area contributed by atoms with Gasteiger partial charge in [-0.05, 0) is 20.8 Å². The fraction of sp³-hybridized carbons (Fsp3) is 0.500. The monoisotopic (exact) mass is 305 g/mol. The minimum absolute atomic E-state index is 0.0481. The largest absolute Gasteiger partial charge is 0.344 e. The summed E-state index contributed by atoms with van der Waals surface area (Å²) in [5, 5.41) is 6.52. The number of hydrogen-bond acceptors (Lipinski definition) is 6. The van der Waals surface area contributed by atoms with E-state index >= 15 is 0 Å². The highest BCUT2D eigenvalue weighted by Gasteiger charge is 2.18. The number of aromatic amines is 1. The van der Waals surface area contributed by atoms with E-state index in [0.717, 1.165) is 0 Å². The molecule has 0 aliphatic heterocycles. The van der Waals surface area contributed by atoms with Crippen LogP contribution in [0.25, 0.3) is 0 Å². The zero-order chi connectivity index (χ0) is 16.3. The number of aryl methyl sites for hydroxylation is 3. The van der Waals surface area contributed by atoms with Crippen LogP contribution in [-0.2, 0) is 17.6 Å². The van der Waals surface area contributed by atoms with Gasteiger partial charge in [0, 0.05) is 17.7 Å². The Morgan fingerprint density at radius 1 is 1.36 bits per heavy atom. The third-order valence-electron chi connectivity index (χ3n) is 3.23. The molecule has 0 fully saturated rings. The molecule has 0 aliphatic rings. The molecule has 0 saturated carbocycles. The predicted octanol–water partition coefficient (Wildman–Crippen LogP) is 0.752. The highest BCUT2D eigenvalue weighted by atomic mass is 16.5. The van der Waals surface area contributed by atoms with Crippen LogP contribution in [0.2, 0.25) is 0 Å². The summed E-state index contributed by atoms with van der Waals surface area (Å²) in [6.07, 6.45) is 0.612. The lowest BCUT2D eigenvalue weighted by Gasteiger charge is -2.10. The summed E-state index contributed by atoms with van der Waals surface area (Å²) in [6, 6.07) is -0.418. The van der Waals surface area contributed by atoms with Crippen LogP contribution in [0.5, 0.6) is 0 Å². The van der Waals surface area contributed by atoms with Gasteiger partial charge in [-0.2, -0.15) is 4.98 Å². The standard InChI is InChI=1S/C14H19N5O3/c1-5-11-18-14(22-19-11)8(3)16-12(20)6-10-7(2)15-9(4)17-13(10)21/h8H,5-6H2,1-4H3,(H,16,20)(H,15,17,21)/t8-/m0/s1. The fourth-order valence-corrected chi connectivity index (χ4v) is 2.06. The number of amides is 1. The maximum absolute atomic E-state index is 12.1. The SMILES string of the molecule is CCc1noc([C@H](C)NC(=O)Cc2c(C)nc(C)[nH]c2=O)n1. The Labute approximate surface area is 127 Å². The van der Waals surface area contributed by atoms with Crippen LogP contribution in [0.4, 0.5) is 0 Å². The highest BCUT2D eigenvalue weighted by Crippen LogP contribution is 2.10. The second-order valence-corrected chi connectivity index (χ2v) is 5.08. The Hall–Kier alpha value is -2.51. The van der Waals surface area contributed by atoms with Gasteiger partial charge in [0.05, 0.1) is 6.42 Å². The van der Waals surface area contributed by atoms with E-state index in [-0.39, 0.29) is 17.9 Å². The van der Waals surface area contributed by atoms with Crippen LogP contribution in [0.15, 0.2) is 9.32 Å². The van der Waals surface area contributed by atoms with Crippen molar-refractivity contribution in [2.75, 3.05) is 0 Å². The summed E-state index contributed by atoms with van der Waals surface area (Å²) in [7, 11) is 0. The molecule has 0 radical (unpaired) electrons. The number of rotatable bonds is 5. The van der Waals surface area contributed by atoms with Crippen molar-refractivity contribution in [2.24, 2.45) is 0 Å². The molecule has 2 aromatic rings. The van der Waals surface area contributed by atoms with Gasteiger partial charge in [-0.3, -0.25) is 9.59 Å². The van der Waals surface area contributed by atoms with Crippen molar-refractivity contribution in [2.45, 2.75) is 46.6 Å². The zero-order valence-electron chi connectivity index (χ0n) is 13.1. The molecule has 1 amide bonds.